The number of nitrogens with one attached hydrogen (secondary N) is 2. The Bertz CT molecular complexity index is 731. The predicted octanol–water partition coefficient (Wildman–Crippen LogP) is 1.44. The molecule has 10 nitrogen and oxygen atoms in total. The van der Waals surface area contributed by atoms with Crippen molar-refractivity contribution in [2.45, 2.75) is 64.5 Å². The fourth-order valence-corrected chi connectivity index (χ4v) is 4.52. The predicted molar refractivity (Wildman–Crippen MR) is 134 cm³/mol. The van der Waals surface area contributed by atoms with E-state index in [1.165, 1.54) is 0 Å². The molecule has 0 heterocycles. The van der Waals surface area contributed by atoms with Crippen molar-refractivity contribution in [1.82, 2.24) is 10.4 Å². The van der Waals surface area contributed by atoms with Crippen LogP contribution in [0.4, 0.5) is 0 Å². The lowest BCUT2D eigenvalue weighted by Gasteiger charge is -2.24. The minimum absolute atomic E-state index is 0.00285. The summed E-state index contributed by atoms with van der Waals surface area (Å²) < 4.78 is 12.5. The molecule has 0 aliphatic carbocycles. The van der Waals surface area contributed by atoms with Gasteiger partial charge >= 0.3 is 5.97 Å². The molecule has 3 atom stereocenters. The smallest absolute Gasteiger partial charge is 0.326 e. The van der Waals surface area contributed by atoms with Gasteiger partial charge in [0.25, 0.3) is 7.52 Å². The number of carboxylic acids is 1. The molecular formula is C23H43N4O6P. The van der Waals surface area contributed by atoms with Crippen LogP contribution in [0.2, 0.25) is 0 Å². The van der Waals surface area contributed by atoms with Crippen LogP contribution in [0.3, 0.4) is 0 Å². The fraction of sp³-hybridized carbons (Fsp3) is 0.652. The second-order valence-electron chi connectivity index (χ2n) is 8.54. The normalized spacial score (nSPS) is 14.4. The molecule has 0 aliphatic heterocycles. The third-order valence-corrected chi connectivity index (χ3v) is 6.44. The first-order valence-electron chi connectivity index (χ1n) is 11.7. The lowest BCUT2D eigenvalue weighted by molar-refractivity contribution is -0.142. The van der Waals surface area contributed by atoms with Crippen molar-refractivity contribution in [2.24, 2.45) is 17.4 Å². The zero-order valence-corrected chi connectivity index (χ0v) is 21.3. The van der Waals surface area contributed by atoms with Crippen LogP contribution in [0.25, 0.3) is 0 Å². The van der Waals surface area contributed by atoms with E-state index in [4.69, 9.17) is 16.6 Å². The molecule has 0 fully saturated rings. The number of carbonyl (C=O) groups excluding carboxylic acids is 1. The van der Waals surface area contributed by atoms with Gasteiger partial charge in [-0.05, 0) is 63.1 Å². The van der Waals surface area contributed by atoms with Crippen LogP contribution >= 0.6 is 7.52 Å². The van der Waals surface area contributed by atoms with Crippen LogP contribution in [0, 0.1) is 5.92 Å². The quantitative estimate of drug-likeness (QED) is 0.130. The molecule has 0 spiro atoms. The lowest BCUT2D eigenvalue weighted by atomic mass is 10.0. The summed E-state index contributed by atoms with van der Waals surface area (Å²) in [4.78, 5) is 34.5. The van der Waals surface area contributed by atoms with E-state index >= 15 is 0 Å². The van der Waals surface area contributed by atoms with Gasteiger partial charge < -0.3 is 31.9 Å². The summed E-state index contributed by atoms with van der Waals surface area (Å²) in [5.41, 5.74) is 11.3. The number of carbonyl (C=O) groups is 2. The molecule has 1 rings (SSSR count). The minimum atomic E-state index is -3.78. The highest BCUT2D eigenvalue weighted by Crippen LogP contribution is 2.37. The van der Waals surface area contributed by atoms with Crippen molar-refractivity contribution in [2.75, 3.05) is 25.9 Å². The third-order valence-electron chi connectivity index (χ3n) is 4.81. The first kappa shape index (κ1) is 32.2. The molecule has 11 heteroatoms. The molecule has 0 aliphatic rings. The summed E-state index contributed by atoms with van der Waals surface area (Å²) in [7, 11) is -3.78. The van der Waals surface area contributed by atoms with Gasteiger partial charge in [-0.25, -0.2) is 9.88 Å². The molecular weight excluding hydrogens is 459 g/mol. The summed E-state index contributed by atoms with van der Waals surface area (Å²) >= 11 is 0. The molecule has 1 unspecified atom stereocenters. The van der Waals surface area contributed by atoms with Gasteiger partial charge in [-0.1, -0.05) is 44.2 Å². The number of aliphatic hydroxyl groups is 1. The van der Waals surface area contributed by atoms with Crippen molar-refractivity contribution >= 4 is 19.4 Å². The van der Waals surface area contributed by atoms with Gasteiger partial charge in [0.15, 0.2) is 0 Å². The average molecular weight is 503 g/mol. The summed E-state index contributed by atoms with van der Waals surface area (Å²) in [5, 5.41) is 22.6. The number of rotatable bonds is 16. The van der Waals surface area contributed by atoms with Crippen molar-refractivity contribution in [3.8, 4) is 0 Å². The molecule has 1 aromatic carbocycles. The van der Waals surface area contributed by atoms with Gasteiger partial charge in [0.05, 0.1) is 6.04 Å². The van der Waals surface area contributed by atoms with Gasteiger partial charge in [-0.3, -0.25) is 9.36 Å². The van der Waals surface area contributed by atoms with Crippen LogP contribution in [0.1, 0.15) is 51.5 Å². The standard InChI is InChI=1S/C19H32N3O5P.C4H11NO/c1-14(2)12-17(19(24)25)21-18(23)16(13-15-8-4-3-5-9-15)22-28(26,27)11-7-6-10-20;5-3-1-2-4-6/h3-5,8-9,14,16-17H,6-7,10-13,20H2,1-2H3,(H,21,23)(H,24,25)(H2,22,26,27);6H,1-5H2/t16-,17-;/m0./s1. The zero-order valence-electron chi connectivity index (χ0n) is 20.4. The largest absolute Gasteiger partial charge is 0.480 e. The van der Waals surface area contributed by atoms with Crippen LogP contribution in [-0.2, 0) is 20.6 Å². The van der Waals surface area contributed by atoms with E-state index in [2.05, 4.69) is 10.4 Å². The molecule has 0 radical (unpaired) electrons. The minimum Gasteiger partial charge on any atom is -0.480 e. The fourth-order valence-electron chi connectivity index (χ4n) is 3.05. The maximum Gasteiger partial charge on any atom is 0.326 e. The Balaban J connectivity index is 0.00000160. The Labute approximate surface area is 203 Å². The molecule has 1 amide bonds. The summed E-state index contributed by atoms with van der Waals surface area (Å²) in [6.45, 7) is 5.11. The Hall–Kier alpha value is -1.81. The maximum absolute atomic E-state index is 12.8. The lowest BCUT2D eigenvalue weighted by Crippen LogP contribution is -2.50. The molecule has 9 N–H and O–H groups in total. The summed E-state index contributed by atoms with van der Waals surface area (Å²) in [5.74, 6) is -1.66. The number of aliphatic carboxylic acids is 1. The third kappa shape index (κ3) is 15.9. The molecule has 0 bridgehead atoms. The van der Waals surface area contributed by atoms with Crippen molar-refractivity contribution in [3.05, 3.63) is 35.9 Å². The summed E-state index contributed by atoms with van der Waals surface area (Å²) in [6.07, 6.45) is 3.29. The Kier molecular flexibility index (Phi) is 17.5. The second-order valence-corrected chi connectivity index (χ2v) is 10.6. The summed E-state index contributed by atoms with van der Waals surface area (Å²) in [6, 6.07) is 6.99. The SMILES string of the molecule is CC(C)C[C@H](NC(=O)[C@H](Cc1ccccc1)NP(=O)(O)CCCCN)C(=O)O.NCCCCO. The molecule has 196 valence electrons. The van der Waals surface area contributed by atoms with Gasteiger partial charge in [-0.15, -0.1) is 0 Å². The van der Waals surface area contributed by atoms with Crippen molar-refractivity contribution in [3.63, 3.8) is 0 Å². The highest BCUT2D eigenvalue weighted by molar-refractivity contribution is 7.55. The first-order chi connectivity index (χ1) is 16.1. The van der Waals surface area contributed by atoms with E-state index in [9.17, 15) is 24.2 Å². The van der Waals surface area contributed by atoms with Crippen LogP contribution in [-0.4, -0.2) is 64.9 Å². The van der Waals surface area contributed by atoms with E-state index in [0.717, 1.165) is 18.4 Å². The van der Waals surface area contributed by atoms with Crippen LogP contribution < -0.4 is 21.9 Å². The molecule has 34 heavy (non-hydrogen) atoms. The van der Waals surface area contributed by atoms with E-state index in [-0.39, 0.29) is 31.5 Å². The number of unbranched alkanes of at least 4 members (excludes halogenated alkanes) is 2. The van der Waals surface area contributed by atoms with Gasteiger partial charge in [0.1, 0.15) is 6.04 Å². The molecule has 0 saturated heterocycles. The zero-order chi connectivity index (χ0) is 26.0. The van der Waals surface area contributed by atoms with Gasteiger partial charge in [0, 0.05) is 12.8 Å². The second kappa shape index (κ2) is 18.5. The number of hydrogen-bond donors (Lipinski definition) is 7. The number of carboxylic acid groups (broad SMARTS) is 1. The van der Waals surface area contributed by atoms with Gasteiger partial charge in [-0.2, -0.15) is 0 Å². The highest BCUT2D eigenvalue weighted by atomic mass is 31.2. The topological polar surface area (TPSA) is 188 Å². The molecule has 0 saturated carbocycles. The first-order valence-corrected chi connectivity index (χ1v) is 13.6. The number of nitrogens with two attached hydrogens (primary N) is 2. The highest BCUT2D eigenvalue weighted by Gasteiger charge is 2.30. The van der Waals surface area contributed by atoms with E-state index < -0.39 is 31.5 Å². The molecule has 1 aromatic rings. The van der Waals surface area contributed by atoms with Gasteiger partial charge in [0.2, 0.25) is 5.91 Å². The number of amides is 1. The Morgan fingerprint density at radius 1 is 1.00 bits per heavy atom. The van der Waals surface area contributed by atoms with Crippen molar-refractivity contribution in [1.29, 1.82) is 0 Å². The molecule has 0 aromatic heterocycles. The number of aliphatic hydroxyl groups excluding tert-OH is 1. The van der Waals surface area contributed by atoms with E-state index in [1.54, 1.807) is 0 Å². The number of hydrogen-bond acceptors (Lipinski definition) is 6. The van der Waals surface area contributed by atoms with Crippen LogP contribution in [0.15, 0.2) is 30.3 Å². The van der Waals surface area contributed by atoms with E-state index in [1.807, 2.05) is 44.2 Å². The van der Waals surface area contributed by atoms with Crippen molar-refractivity contribution < 1.29 is 29.3 Å². The average Bonchev–Trinajstić information content (AvgIpc) is 2.77. The Morgan fingerprint density at radius 3 is 2.06 bits per heavy atom. The van der Waals surface area contributed by atoms with Crippen LogP contribution in [0.5, 0.6) is 0 Å². The monoisotopic (exact) mass is 502 g/mol. The van der Waals surface area contributed by atoms with E-state index in [0.29, 0.717) is 25.9 Å². The Morgan fingerprint density at radius 2 is 1.59 bits per heavy atom. The number of benzene rings is 1. The maximum atomic E-state index is 12.8.